The highest BCUT2D eigenvalue weighted by Crippen LogP contribution is 2.27. The summed E-state index contributed by atoms with van der Waals surface area (Å²) >= 11 is 1.28. The van der Waals surface area contributed by atoms with Crippen LogP contribution in [0, 0.1) is 6.92 Å². The van der Waals surface area contributed by atoms with Gasteiger partial charge in [-0.05, 0) is 54.7 Å². The number of carbonyl (C=O) groups is 1. The molecule has 5 nitrogen and oxygen atoms in total. The zero-order valence-electron chi connectivity index (χ0n) is 17.7. The topological polar surface area (TPSA) is 54.7 Å². The van der Waals surface area contributed by atoms with Gasteiger partial charge in [-0.3, -0.25) is 14.0 Å². The van der Waals surface area contributed by atoms with Gasteiger partial charge in [0.15, 0.2) is 0 Å². The number of aromatic nitrogens is 2. The molecule has 3 aromatic heterocycles. The van der Waals surface area contributed by atoms with E-state index >= 15 is 0 Å². The van der Waals surface area contributed by atoms with Gasteiger partial charge in [-0.15, -0.1) is 11.3 Å². The van der Waals surface area contributed by atoms with Crippen LogP contribution >= 0.6 is 11.3 Å². The Balaban J connectivity index is 1.78. The number of hydrogen-bond donors (Lipinski definition) is 0. The number of carbonyl (C=O) groups excluding carboxylic acids is 1. The van der Waals surface area contributed by atoms with Crippen LogP contribution < -0.4 is 10.5 Å². The van der Waals surface area contributed by atoms with Gasteiger partial charge in [0, 0.05) is 18.4 Å². The van der Waals surface area contributed by atoms with E-state index in [0.717, 1.165) is 17.7 Å². The van der Waals surface area contributed by atoms with Crippen LogP contribution in [-0.4, -0.2) is 21.8 Å². The second-order valence-corrected chi connectivity index (χ2v) is 8.86. The predicted molar refractivity (Wildman–Crippen MR) is 124 cm³/mol. The molecule has 0 aliphatic heterocycles. The molecule has 0 atom stereocenters. The molecule has 4 aromatic rings. The Bertz CT molecular complexity index is 1290. The van der Waals surface area contributed by atoms with Crippen LogP contribution in [0.3, 0.4) is 0 Å². The number of anilines is 1. The number of amides is 1. The van der Waals surface area contributed by atoms with E-state index in [-0.39, 0.29) is 11.5 Å². The molecule has 0 saturated carbocycles. The highest BCUT2D eigenvalue weighted by Gasteiger charge is 2.21. The molecule has 1 aromatic carbocycles. The second kappa shape index (κ2) is 8.03. The molecule has 0 spiro atoms. The number of aryl methyl sites for hydroxylation is 1. The first-order valence-corrected chi connectivity index (χ1v) is 11.1. The molecule has 154 valence electrons. The van der Waals surface area contributed by atoms with Crippen molar-refractivity contribution in [2.75, 3.05) is 11.4 Å². The maximum absolute atomic E-state index is 13.4. The lowest BCUT2D eigenvalue weighted by atomic mass is 10.0. The monoisotopic (exact) mass is 419 g/mol. The first-order valence-electron chi connectivity index (χ1n) is 10.2. The Morgan fingerprint density at radius 2 is 1.93 bits per heavy atom. The van der Waals surface area contributed by atoms with Crippen molar-refractivity contribution in [3.8, 4) is 0 Å². The van der Waals surface area contributed by atoms with E-state index in [9.17, 15) is 9.59 Å². The lowest BCUT2D eigenvalue weighted by molar-refractivity contribution is 0.0991. The third-order valence-corrected chi connectivity index (χ3v) is 6.32. The lowest BCUT2D eigenvalue weighted by Gasteiger charge is -2.22. The Morgan fingerprint density at radius 1 is 1.20 bits per heavy atom. The highest BCUT2D eigenvalue weighted by atomic mass is 32.1. The Kier molecular flexibility index (Phi) is 5.43. The van der Waals surface area contributed by atoms with Gasteiger partial charge >= 0.3 is 0 Å². The maximum Gasteiger partial charge on any atom is 0.268 e. The van der Waals surface area contributed by atoms with Crippen LogP contribution in [0.2, 0.25) is 0 Å². The number of hydrogen-bond acceptors (Lipinski definition) is 4. The van der Waals surface area contributed by atoms with Gasteiger partial charge in [-0.2, -0.15) is 0 Å². The summed E-state index contributed by atoms with van der Waals surface area (Å²) in [6, 6.07) is 13.6. The average molecular weight is 420 g/mol. The van der Waals surface area contributed by atoms with E-state index in [1.54, 1.807) is 21.6 Å². The van der Waals surface area contributed by atoms with Gasteiger partial charge < -0.3 is 4.90 Å². The van der Waals surface area contributed by atoms with E-state index in [1.807, 2.05) is 31.2 Å². The lowest BCUT2D eigenvalue weighted by Crippen LogP contribution is -2.31. The molecule has 0 N–H and O–H groups in total. The standard InChI is InChI=1S/C24H25N3O2S/c1-5-12-26(18-10-8-17(9-11-18)15(2)3)24(29)20-14-19-22(30-20)25-21-16(4)7-6-13-27(21)23(19)28/h6-11,13-15H,5,12H2,1-4H3. The molecule has 0 aliphatic rings. The van der Waals surface area contributed by atoms with Crippen molar-refractivity contribution in [1.29, 1.82) is 0 Å². The highest BCUT2D eigenvalue weighted by molar-refractivity contribution is 7.20. The van der Waals surface area contributed by atoms with Gasteiger partial charge in [-0.1, -0.05) is 39.0 Å². The van der Waals surface area contributed by atoms with E-state index in [2.05, 4.69) is 37.9 Å². The minimum absolute atomic E-state index is 0.0951. The molecule has 6 heteroatoms. The van der Waals surface area contributed by atoms with Crippen molar-refractivity contribution in [2.24, 2.45) is 0 Å². The number of pyridine rings is 1. The van der Waals surface area contributed by atoms with Gasteiger partial charge in [-0.25, -0.2) is 4.98 Å². The maximum atomic E-state index is 13.4. The van der Waals surface area contributed by atoms with Gasteiger partial charge in [0.05, 0.1) is 10.3 Å². The third kappa shape index (κ3) is 3.52. The summed E-state index contributed by atoms with van der Waals surface area (Å²) in [4.78, 5) is 33.9. The fourth-order valence-electron chi connectivity index (χ4n) is 3.61. The molecule has 0 unspecified atom stereocenters. The molecule has 1 amide bonds. The molecule has 0 bridgehead atoms. The van der Waals surface area contributed by atoms with Crippen molar-refractivity contribution in [3.05, 3.63) is 75.0 Å². The van der Waals surface area contributed by atoms with E-state index < -0.39 is 0 Å². The first kappa shape index (κ1) is 20.3. The summed E-state index contributed by atoms with van der Waals surface area (Å²) in [7, 11) is 0. The molecule has 0 fully saturated rings. The molecule has 0 aliphatic carbocycles. The quantitative estimate of drug-likeness (QED) is 0.435. The third-order valence-electron chi connectivity index (χ3n) is 5.31. The number of fused-ring (bicyclic) bond motifs is 2. The molecule has 3 heterocycles. The molecule has 30 heavy (non-hydrogen) atoms. The summed E-state index contributed by atoms with van der Waals surface area (Å²) in [5.74, 6) is 0.343. The smallest absolute Gasteiger partial charge is 0.268 e. The van der Waals surface area contributed by atoms with E-state index in [1.165, 1.54) is 16.9 Å². The van der Waals surface area contributed by atoms with Gasteiger partial charge in [0.1, 0.15) is 10.5 Å². The fourth-order valence-corrected chi connectivity index (χ4v) is 4.58. The predicted octanol–water partition coefficient (Wildman–Crippen LogP) is 5.40. The van der Waals surface area contributed by atoms with Crippen molar-refractivity contribution in [3.63, 3.8) is 0 Å². The van der Waals surface area contributed by atoms with Crippen LogP contribution in [-0.2, 0) is 0 Å². The number of thiophene rings is 1. The summed E-state index contributed by atoms with van der Waals surface area (Å²) < 4.78 is 1.55. The molecule has 0 radical (unpaired) electrons. The number of rotatable bonds is 5. The number of nitrogens with zero attached hydrogens (tertiary/aromatic N) is 3. The fraction of sp³-hybridized carbons (Fsp3) is 0.292. The molecule has 0 saturated heterocycles. The van der Waals surface area contributed by atoms with Gasteiger partial charge in [0.2, 0.25) is 0 Å². The summed E-state index contributed by atoms with van der Waals surface area (Å²) in [6.45, 7) is 8.90. The summed E-state index contributed by atoms with van der Waals surface area (Å²) in [5, 5.41) is 0.484. The van der Waals surface area contributed by atoms with Crippen LogP contribution in [0.1, 0.15) is 53.9 Å². The molecular formula is C24H25N3O2S. The average Bonchev–Trinajstić information content (AvgIpc) is 3.17. The van der Waals surface area contributed by atoms with Crippen LogP contribution in [0.25, 0.3) is 15.9 Å². The van der Waals surface area contributed by atoms with E-state index in [0.29, 0.717) is 33.2 Å². The number of benzene rings is 1. The van der Waals surface area contributed by atoms with E-state index in [4.69, 9.17) is 0 Å². The Labute approximate surface area is 179 Å². The van der Waals surface area contributed by atoms with Gasteiger partial charge in [0.25, 0.3) is 11.5 Å². The minimum Gasteiger partial charge on any atom is -0.308 e. The van der Waals surface area contributed by atoms with Crippen molar-refractivity contribution < 1.29 is 4.79 Å². The van der Waals surface area contributed by atoms with Crippen LogP contribution in [0.15, 0.2) is 53.5 Å². The van der Waals surface area contributed by atoms with Crippen molar-refractivity contribution in [1.82, 2.24) is 9.38 Å². The summed E-state index contributed by atoms with van der Waals surface area (Å²) in [6.07, 6.45) is 2.56. The van der Waals surface area contributed by atoms with Crippen LogP contribution in [0.4, 0.5) is 5.69 Å². The summed E-state index contributed by atoms with van der Waals surface area (Å²) in [5.41, 5.74) is 3.52. The minimum atomic E-state index is -0.141. The van der Waals surface area contributed by atoms with Crippen LogP contribution in [0.5, 0.6) is 0 Å². The molecular weight excluding hydrogens is 394 g/mol. The largest absolute Gasteiger partial charge is 0.308 e. The zero-order chi connectivity index (χ0) is 21.4. The normalized spacial score (nSPS) is 11.5. The van der Waals surface area contributed by atoms with Crippen molar-refractivity contribution >= 4 is 38.8 Å². The SMILES string of the molecule is CCCN(C(=O)c1cc2c(=O)n3cccc(C)c3nc2s1)c1ccc(C(C)C)cc1. The Morgan fingerprint density at radius 3 is 2.60 bits per heavy atom. The molecule has 4 rings (SSSR count). The van der Waals surface area contributed by atoms with Crippen molar-refractivity contribution in [2.45, 2.75) is 40.0 Å². The zero-order valence-corrected chi connectivity index (χ0v) is 18.5. The first-order chi connectivity index (χ1) is 14.4. The second-order valence-electron chi connectivity index (χ2n) is 7.83. The Hall–Kier alpha value is -2.99.